The molecule has 0 radical (unpaired) electrons. The van der Waals surface area contributed by atoms with Crippen LogP contribution in [0.25, 0.3) is 11.8 Å². The van der Waals surface area contributed by atoms with Crippen LogP contribution in [-0.4, -0.2) is 32.9 Å². The molecule has 2 heterocycles. The number of aryl methyl sites for hydroxylation is 1. The van der Waals surface area contributed by atoms with Crippen molar-refractivity contribution < 1.29 is 9.31 Å². The second-order valence-corrected chi connectivity index (χ2v) is 6.14. The molecule has 0 atom stereocenters. The average molecular weight is 363 g/mol. The van der Waals surface area contributed by atoms with Gasteiger partial charge in [0.2, 0.25) is 5.15 Å². The van der Waals surface area contributed by atoms with Gasteiger partial charge in [0.1, 0.15) is 17.3 Å². The summed E-state index contributed by atoms with van der Waals surface area (Å²) in [6.07, 6.45) is 3.62. The molecule has 1 aliphatic rings. The Morgan fingerprint density at radius 3 is 2.72 bits per heavy atom. The molecule has 3 rings (SSSR count). The minimum atomic E-state index is -0.596. The highest BCUT2D eigenvalue weighted by Gasteiger charge is 2.24. The van der Waals surface area contributed by atoms with Gasteiger partial charge in [0, 0.05) is 24.4 Å². The van der Waals surface area contributed by atoms with Gasteiger partial charge >= 0.3 is 5.69 Å². The fourth-order valence-corrected chi connectivity index (χ4v) is 3.20. The van der Waals surface area contributed by atoms with Gasteiger partial charge in [0.05, 0.1) is 4.92 Å². The first kappa shape index (κ1) is 17.3. The summed E-state index contributed by atoms with van der Waals surface area (Å²) in [5.41, 5.74) is 1.10. The summed E-state index contributed by atoms with van der Waals surface area (Å²) in [7, 11) is 0. The lowest BCUT2D eigenvalue weighted by atomic mass is 10.1. The maximum Gasteiger partial charge on any atom is 0.331 e. The van der Waals surface area contributed by atoms with Gasteiger partial charge < -0.3 is 4.90 Å². The highest BCUT2D eigenvalue weighted by Crippen LogP contribution is 2.31. The van der Waals surface area contributed by atoms with Gasteiger partial charge in [-0.2, -0.15) is 0 Å². The molecule has 1 aromatic heterocycles. The number of nitrogens with zero attached hydrogens (tertiary/aromatic N) is 4. The third-order valence-corrected chi connectivity index (χ3v) is 4.27. The molecule has 0 unspecified atom stereocenters. The lowest BCUT2D eigenvalue weighted by molar-refractivity contribution is -0.385. The maximum atomic E-state index is 13.7. The Bertz CT molecular complexity index is 851. The average Bonchev–Trinajstić information content (AvgIpc) is 3.05. The van der Waals surface area contributed by atoms with Crippen LogP contribution in [0, 0.1) is 22.9 Å². The van der Waals surface area contributed by atoms with Crippen molar-refractivity contribution in [1.82, 2.24) is 14.9 Å². The first-order valence-electron chi connectivity index (χ1n) is 7.87. The number of rotatable bonds is 4. The topological polar surface area (TPSA) is 72.2 Å². The van der Waals surface area contributed by atoms with E-state index in [9.17, 15) is 14.5 Å². The zero-order valence-corrected chi connectivity index (χ0v) is 14.3. The van der Waals surface area contributed by atoms with Gasteiger partial charge in [-0.15, -0.1) is 0 Å². The number of hydrogen-bond acceptors (Lipinski definition) is 5. The van der Waals surface area contributed by atoms with E-state index >= 15 is 0 Å². The molecule has 25 heavy (non-hydrogen) atoms. The van der Waals surface area contributed by atoms with Crippen LogP contribution in [0.15, 0.2) is 24.3 Å². The lowest BCUT2D eigenvalue weighted by Crippen LogP contribution is -2.18. The summed E-state index contributed by atoms with van der Waals surface area (Å²) in [6.45, 7) is 3.21. The zero-order valence-electron chi connectivity index (χ0n) is 13.6. The van der Waals surface area contributed by atoms with Crippen LogP contribution in [0.2, 0.25) is 5.15 Å². The van der Waals surface area contributed by atoms with Gasteiger partial charge in [-0.1, -0.05) is 23.7 Å². The maximum absolute atomic E-state index is 13.7. The Hall–Kier alpha value is -2.54. The third-order valence-electron chi connectivity index (χ3n) is 4.00. The lowest BCUT2D eigenvalue weighted by Gasteiger charge is -2.22. The number of benzene rings is 1. The third kappa shape index (κ3) is 3.76. The van der Waals surface area contributed by atoms with Crippen molar-refractivity contribution in [1.29, 1.82) is 0 Å². The quantitative estimate of drug-likeness (QED) is 0.465. The van der Waals surface area contributed by atoms with Gasteiger partial charge in [0.15, 0.2) is 0 Å². The highest BCUT2D eigenvalue weighted by atomic mass is 35.5. The number of nitro groups is 1. The van der Waals surface area contributed by atoms with Crippen LogP contribution in [0.1, 0.15) is 29.9 Å². The molecule has 130 valence electrons. The number of hydrogen-bond donors (Lipinski definition) is 0. The Balaban J connectivity index is 2.18. The summed E-state index contributed by atoms with van der Waals surface area (Å²) in [6, 6.07) is 6.15. The minimum Gasteiger partial charge on any atom is -0.371 e. The van der Waals surface area contributed by atoms with Crippen molar-refractivity contribution in [2.75, 3.05) is 13.1 Å². The summed E-state index contributed by atoms with van der Waals surface area (Å²) in [5, 5.41) is 11.2. The number of halogens is 2. The molecule has 1 fully saturated rings. The van der Waals surface area contributed by atoms with E-state index in [0.717, 1.165) is 25.9 Å². The largest absolute Gasteiger partial charge is 0.371 e. The second kappa shape index (κ2) is 7.14. The van der Waals surface area contributed by atoms with E-state index in [0.29, 0.717) is 17.1 Å². The minimum absolute atomic E-state index is 0.119. The van der Waals surface area contributed by atoms with Crippen LogP contribution in [-0.2, 0) is 0 Å². The summed E-state index contributed by atoms with van der Waals surface area (Å²) >= 11 is 5.95. The van der Waals surface area contributed by atoms with Crippen molar-refractivity contribution in [3.8, 4) is 0 Å². The molecule has 8 heteroatoms. The van der Waals surface area contributed by atoms with Crippen LogP contribution in [0.5, 0.6) is 0 Å². The van der Waals surface area contributed by atoms with Gasteiger partial charge in [0.25, 0.3) is 0 Å². The van der Waals surface area contributed by atoms with E-state index in [1.165, 1.54) is 12.1 Å². The fourth-order valence-electron chi connectivity index (χ4n) is 2.91. The summed E-state index contributed by atoms with van der Waals surface area (Å²) in [5.74, 6) is -0.0316. The first-order valence-corrected chi connectivity index (χ1v) is 8.24. The molecule has 0 amide bonds. The van der Waals surface area contributed by atoms with Crippen molar-refractivity contribution in [3.63, 3.8) is 0 Å². The van der Waals surface area contributed by atoms with Crippen LogP contribution in [0.3, 0.4) is 0 Å². The Morgan fingerprint density at radius 1 is 1.36 bits per heavy atom. The fraction of sp³-hybridized carbons (Fsp3) is 0.294. The van der Waals surface area contributed by atoms with E-state index in [4.69, 9.17) is 11.6 Å². The molecule has 1 saturated heterocycles. The molecule has 2 aromatic rings. The number of aromatic nitrogens is 2. The van der Waals surface area contributed by atoms with E-state index in [1.807, 2.05) is 0 Å². The predicted octanol–water partition coefficient (Wildman–Crippen LogP) is 4.08. The van der Waals surface area contributed by atoms with E-state index in [2.05, 4.69) is 14.9 Å². The van der Waals surface area contributed by atoms with Gasteiger partial charge in [-0.25, -0.2) is 14.4 Å². The van der Waals surface area contributed by atoms with E-state index in [1.54, 1.807) is 25.1 Å². The van der Waals surface area contributed by atoms with Crippen molar-refractivity contribution in [3.05, 3.63) is 62.4 Å². The molecule has 1 aliphatic heterocycles. The van der Waals surface area contributed by atoms with Crippen LogP contribution >= 0.6 is 11.6 Å². The molecular formula is C17H16ClFN4O2. The normalized spacial score (nSPS) is 14.8. The Morgan fingerprint density at radius 2 is 2.08 bits per heavy atom. The van der Waals surface area contributed by atoms with Crippen molar-refractivity contribution in [2.24, 2.45) is 0 Å². The standard InChI is InChI=1S/C17H16ClFN4O2/c1-11-20-14(16(23(24)25)17(18)21-11)10-15(22-7-2-3-8-22)12-5-4-6-13(19)9-12/h4-6,9-10H,2-3,7-8H2,1H3/b15-10-. The Labute approximate surface area is 149 Å². The van der Waals surface area contributed by atoms with Crippen molar-refractivity contribution >= 4 is 29.1 Å². The molecule has 6 nitrogen and oxygen atoms in total. The molecule has 0 bridgehead atoms. The SMILES string of the molecule is Cc1nc(Cl)c([N+](=O)[O-])c(/C=C(/c2cccc(F)c2)N2CCCC2)n1. The highest BCUT2D eigenvalue weighted by molar-refractivity contribution is 6.31. The van der Waals surface area contributed by atoms with Crippen LogP contribution in [0.4, 0.5) is 10.1 Å². The van der Waals surface area contributed by atoms with E-state index < -0.39 is 4.92 Å². The monoisotopic (exact) mass is 362 g/mol. The zero-order chi connectivity index (χ0) is 18.0. The summed E-state index contributed by atoms with van der Waals surface area (Å²) in [4.78, 5) is 20.9. The summed E-state index contributed by atoms with van der Waals surface area (Å²) < 4.78 is 13.7. The first-order chi connectivity index (χ1) is 12.0. The predicted molar refractivity (Wildman–Crippen MR) is 93.5 cm³/mol. The molecule has 0 aliphatic carbocycles. The molecule has 0 N–H and O–H groups in total. The van der Waals surface area contributed by atoms with Crippen LogP contribution < -0.4 is 0 Å². The molecule has 1 aromatic carbocycles. The molecule has 0 saturated carbocycles. The smallest absolute Gasteiger partial charge is 0.331 e. The Kier molecular flexibility index (Phi) is 4.94. The van der Waals surface area contributed by atoms with Crippen molar-refractivity contribution in [2.45, 2.75) is 19.8 Å². The number of likely N-dealkylation sites (tertiary alicyclic amines) is 1. The second-order valence-electron chi connectivity index (χ2n) is 5.79. The van der Waals surface area contributed by atoms with Gasteiger partial charge in [-0.05, 0) is 38.0 Å². The van der Waals surface area contributed by atoms with E-state index in [-0.39, 0.29) is 22.4 Å². The molecule has 0 spiro atoms. The van der Waals surface area contributed by atoms with Gasteiger partial charge in [-0.3, -0.25) is 10.1 Å². The molecular weight excluding hydrogens is 347 g/mol.